The number of carbonyl (C=O) groups excluding carboxylic acids is 1. The quantitative estimate of drug-likeness (QED) is 0.700. The summed E-state index contributed by atoms with van der Waals surface area (Å²) >= 11 is 1.68. The normalized spacial score (nSPS) is 15.0. The topological polar surface area (TPSA) is 74.7 Å². The van der Waals surface area contributed by atoms with Gasteiger partial charge in [0, 0.05) is 54.1 Å². The zero-order valence-corrected chi connectivity index (χ0v) is 16.9. The van der Waals surface area contributed by atoms with Gasteiger partial charge in [0.05, 0.1) is 0 Å². The van der Waals surface area contributed by atoms with Crippen molar-refractivity contribution in [1.82, 2.24) is 4.90 Å². The number of amides is 1. The molecule has 1 saturated heterocycles. The minimum Gasteiger partial charge on any atom is -0.436 e. The van der Waals surface area contributed by atoms with Crippen LogP contribution in [-0.2, 0) is 0 Å². The highest BCUT2D eigenvalue weighted by atomic mass is 32.1. The first kappa shape index (κ1) is 18.6. The first-order chi connectivity index (χ1) is 13.5. The number of aryl methyl sites for hydroxylation is 1. The van der Waals surface area contributed by atoms with Gasteiger partial charge in [-0.2, -0.15) is 0 Å². The van der Waals surface area contributed by atoms with Crippen LogP contribution in [0.3, 0.4) is 0 Å². The summed E-state index contributed by atoms with van der Waals surface area (Å²) in [4.78, 5) is 18.5. The lowest BCUT2D eigenvalue weighted by atomic mass is 10.1. The van der Waals surface area contributed by atoms with Gasteiger partial charge in [0.1, 0.15) is 0 Å². The van der Waals surface area contributed by atoms with Crippen molar-refractivity contribution in [2.75, 3.05) is 49.2 Å². The number of nitrogens with zero attached hydrogens (tertiary/aromatic N) is 2. The highest BCUT2D eigenvalue weighted by Crippen LogP contribution is 2.37. The zero-order chi connectivity index (χ0) is 19.7. The second-order valence-corrected chi connectivity index (χ2v) is 8.03. The Hall–Kier alpha value is -2.77. The molecule has 0 saturated carbocycles. The fourth-order valence-corrected chi connectivity index (χ4v) is 4.36. The molecule has 1 fully saturated rings. The Morgan fingerprint density at radius 1 is 1.14 bits per heavy atom. The molecule has 1 amide bonds. The predicted molar refractivity (Wildman–Crippen MR) is 115 cm³/mol. The van der Waals surface area contributed by atoms with Crippen molar-refractivity contribution in [2.24, 2.45) is 0 Å². The van der Waals surface area contributed by atoms with Gasteiger partial charge in [0.25, 0.3) is 5.91 Å². The van der Waals surface area contributed by atoms with E-state index in [2.05, 4.69) is 52.7 Å². The molecular weight excluding hydrogens is 372 g/mol. The SMILES string of the molecule is Cc1ccsc1-c1cc(N2CCN(C)CC2)ccc1NC(=O)c1ccc(N)o1. The number of anilines is 3. The van der Waals surface area contributed by atoms with Crippen molar-refractivity contribution in [3.8, 4) is 10.4 Å². The fraction of sp³-hybridized carbons (Fsp3) is 0.286. The maximum Gasteiger partial charge on any atom is 0.291 e. The zero-order valence-electron chi connectivity index (χ0n) is 16.1. The Morgan fingerprint density at radius 3 is 2.57 bits per heavy atom. The van der Waals surface area contributed by atoms with Gasteiger partial charge in [0.2, 0.25) is 0 Å². The summed E-state index contributed by atoms with van der Waals surface area (Å²) in [7, 11) is 2.15. The van der Waals surface area contributed by atoms with Gasteiger partial charge in [0.15, 0.2) is 11.6 Å². The number of rotatable bonds is 4. The number of benzene rings is 1. The lowest BCUT2D eigenvalue weighted by molar-refractivity contribution is 0.0997. The molecule has 0 spiro atoms. The summed E-state index contributed by atoms with van der Waals surface area (Å²) in [5, 5.41) is 5.06. The van der Waals surface area contributed by atoms with Crippen LogP contribution < -0.4 is 16.0 Å². The van der Waals surface area contributed by atoms with Crippen LogP contribution in [0.25, 0.3) is 10.4 Å². The van der Waals surface area contributed by atoms with Gasteiger partial charge in [-0.1, -0.05) is 0 Å². The van der Waals surface area contributed by atoms with E-state index >= 15 is 0 Å². The Labute approximate surface area is 168 Å². The molecule has 3 N–H and O–H groups in total. The van der Waals surface area contributed by atoms with Crippen LogP contribution in [0, 0.1) is 6.92 Å². The maximum absolute atomic E-state index is 12.6. The Balaban J connectivity index is 1.67. The van der Waals surface area contributed by atoms with Crippen LogP contribution in [-0.4, -0.2) is 44.0 Å². The molecule has 3 heterocycles. The highest BCUT2D eigenvalue weighted by molar-refractivity contribution is 7.13. The molecule has 2 aromatic heterocycles. The van der Waals surface area contributed by atoms with E-state index in [1.54, 1.807) is 23.5 Å². The smallest absolute Gasteiger partial charge is 0.291 e. The number of thiophene rings is 1. The number of nitrogens with one attached hydrogen (secondary N) is 1. The van der Waals surface area contributed by atoms with E-state index in [1.807, 2.05) is 6.07 Å². The molecule has 1 aliphatic heterocycles. The third-order valence-corrected chi connectivity index (χ3v) is 6.13. The van der Waals surface area contributed by atoms with Crippen LogP contribution in [0.2, 0.25) is 0 Å². The van der Waals surface area contributed by atoms with Crippen molar-refractivity contribution >= 4 is 34.5 Å². The van der Waals surface area contributed by atoms with Crippen molar-refractivity contribution in [1.29, 1.82) is 0 Å². The van der Waals surface area contributed by atoms with Crippen LogP contribution in [0.5, 0.6) is 0 Å². The molecule has 28 heavy (non-hydrogen) atoms. The lowest BCUT2D eigenvalue weighted by Gasteiger charge is -2.34. The Kier molecular flexibility index (Phi) is 5.11. The summed E-state index contributed by atoms with van der Waals surface area (Å²) in [5.41, 5.74) is 9.76. The van der Waals surface area contributed by atoms with Gasteiger partial charge in [-0.3, -0.25) is 4.79 Å². The third kappa shape index (κ3) is 3.76. The number of nitrogen functional groups attached to an aromatic ring is 1. The second kappa shape index (κ2) is 7.69. The third-order valence-electron chi connectivity index (χ3n) is 5.08. The Morgan fingerprint density at radius 2 is 1.93 bits per heavy atom. The number of carbonyl (C=O) groups is 1. The van der Waals surface area contributed by atoms with E-state index in [0.717, 1.165) is 42.3 Å². The minimum atomic E-state index is -0.306. The number of hydrogen-bond acceptors (Lipinski definition) is 6. The summed E-state index contributed by atoms with van der Waals surface area (Å²) in [6, 6.07) is 11.5. The van der Waals surface area contributed by atoms with Gasteiger partial charge >= 0.3 is 0 Å². The number of furan rings is 1. The molecule has 3 aromatic rings. The minimum absolute atomic E-state index is 0.203. The summed E-state index contributed by atoms with van der Waals surface area (Å²) in [5.74, 6) is 0.124. The van der Waals surface area contributed by atoms with Crippen LogP contribution in [0.4, 0.5) is 17.3 Å². The number of hydrogen-bond donors (Lipinski definition) is 2. The van der Waals surface area contributed by atoms with Gasteiger partial charge in [-0.25, -0.2) is 0 Å². The van der Waals surface area contributed by atoms with Gasteiger partial charge < -0.3 is 25.3 Å². The second-order valence-electron chi connectivity index (χ2n) is 7.11. The van der Waals surface area contributed by atoms with Crippen LogP contribution in [0.15, 0.2) is 46.2 Å². The number of piperazine rings is 1. The number of nitrogens with two attached hydrogens (primary N) is 1. The molecule has 0 bridgehead atoms. The molecule has 146 valence electrons. The molecule has 0 aliphatic carbocycles. The number of likely N-dealkylation sites (N-methyl/N-ethyl adjacent to an activating group) is 1. The molecule has 1 aromatic carbocycles. The Bertz CT molecular complexity index is 986. The average Bonchev–Trinajstić information content (AvgIpc) is 3.31. The van der Waals surface area contributed by atoms with E-state index in [9.17, 15) is 4.79 Å². The summed E-state index contributed by atoms with van der Waals surface area (Å²) in [6.45, 7) is 6.18. The first-order valence-electron chi connectivity index (χ1n) is 9.30. The fourth-order valence-electron chi connectivity index (χ4n) is 3.40. The van der Waals surface area contributed by atoms with Crippen molar-refractivity contribution in [2.45, 2.75) is 6.92 Å². The average molecular weight is 397 g/mol. The first-order valence-corrected chi connectivity index (χ1v) is 10.2. The molecule has 0 unspecified atom stereocenters. The maximum atomic E-state index is 12.6. The highest BCUT2D eigenvalue weighted by Gasteiger charge is 2.19. The molecule has 4 rings (SSSR count). The summed E-state index contributed by atoms with van der Waals surface area (Å²) in [6.07, 6.45) is 0. The van der Waals surface area contributed by atoms with Crippen molar-refractivity contribution in [3.63, 3.8) is 0 Å². The molecule has 0 radical (unpaired) electrons. The van der Waals surface area contributed by atoms with Crippen LogP contribution in [0.1, 0.15) is 16.1 Å². The van der Waals surface area contributed by atoms with Crippen LogP contribution >= 0.6 is 11.3 Å². The van der Waals surface area contributed by atoms with Crippen molar-refractivity contribution in [3.05, 3.63) is 53.1 Å². The van der Waals surface area contributed by atoms with E-state index in [4.69, 9.17) is 10.2 Å². The van der Waals surface area contributed by atoms with E-state index in [0.29, 0.717) is 0 Å². The summed E-state index contributed by atoms with van der Waals surface area (Å²) < 4.78 is 5.26. The van der Waals surface area contributed by atoms with E-state index in [-0.39, 0.29) is 17.6 Å². The lowest BCUT2D eigenvalue weighted by Crippen LogP contribution is -2.44. The molecule has 0 atom stereocenters. The van der Waals surface area contributed by atoms with Crippen molar-refractivity contribution < 1.29 is 9.21 Å². The van der Waals surface area contributed by atoms with E-state index in [1.165, 1.54) is 11.3 Å². The molecular formula is C21H24N4O2S. The standard InChI is InChI=1S/C21H24N4O2S/c1-14-7-12-28-20(14)16-13-15(25-10-8-24(2)9-11-25)3-4-17(16)23-21(26)18-5-6-19(22)27-18/h3-7,12-13H,8-11,22H2,1-2H3,(H,23,26). The van der Waals surface area contributed by atoms with E-state index < -0.39 is 0 Å². The molecule has 6 nitrogen and oxygen atoms in total. The monoisotopic (exact) mass is 396 g/mol. The molecule has 7 heteroatoms. The van der Waals surface area contributed by atoms with Gasteiger partial charge in [-0.15, -0.1) is 11.3 Å². The molecule has 1 aliphatic rings. The predicted octanol–water partition coefficient (Wildman–Crippen LogP) is 3.90. The van der Waals surface area contributed by atoms with Gasteiger partial charge in [-0.05, 0) is 55.2 Å². The largest absolute Gasteiger partial charge is 0.436 e.